The van der Waals surface area contributed by atoms with Gasteiger partial charge in [-0.05, 0) is 53.1 Å². The maximum atomic E-state index is 4.92. The van der Waals surface area contributed by atoms with E-state index in [4.69, 9.17) is 4.98 Å². The Kier molecular flexibility index (Phi) is 5.84. The monoisotopic (exact) mass is 508 g/mol. The summed E-state index contributed by atoms with van der Waals surface area (Å²) in [7, 11) is 0. The molecule has 0 spiro atoms. The van der Waals surface area contributed by atoms with Crippen molar-refractivity contribution < 1.29 is 0 Å². The van der Waals surface area contributed by atoms with E-state index < -0.39 is 0 Å². The van der Waals surface area contributed by atoms with Crippen molar-refractivity contribution in [3.63, 3.8) is 0 Å². The summed E-state index contributed by atoms with van der Waals surface area (Å²) < 4.78 is 0. The fourth-order valence-electron chi connectivity index (χ4n) is 4.83. The van der Waals surface area contributed by atoms with Crippen LogP contribution in [-0.2, 0) is 13.1 Å². The summed E-state index contributed by atoms with van der Waals surface area (Å²) in [6.07, 6.45) is 9.11. The molecular formula is C31H24N8. The fraction of sp³-hybridized carbons (Fsp3) is 0.0645. The third-order valence-corrected chi connectivity index (χ3v) is 6.77. The topological polar surface area (TPSA) is 108 Å². The van der Waals surface area contributed by atoms with E-state index in [9.17, 15) is 0 Å². The van der Waals surface area contributed by atoms with Crippen LogP contribution in [0.15, 0.2) is 104 Å². The standard InChI is InChI=1S/C31H24N8/c1-2-4-20(5-3-1)16-33-17-21-14-24(19-34-18-21)23-6-7-26-25(15-23)29(39-38-26)31-36-27-10-13-35-28(30(27)37-31)22-8-11-32-12-9-22/h1-15,18-19,33H,16-17H2,(H,36,37)(H,38,39). The van der Waals surface area contributed by atoms with E-state index in [0.29, 0.717) is 5.82 Å². The van der Waals surface area contributed by atoms with E-state index in [2.05, 4.69) is 77.9 Å². The van der Waals surface area contributed by atoms with E-state index in [1.807, 2.05) is 42.7 Å². The van der Waals surface area contributed by atoms with Gasteiger partial charge in [-0.1, -0.05) is 36.4 Å². The van der Waals surface area contributed by atoms with Gasteiger partial charge in [0, 0.05) is 60.6 Å². The molecule has 39 heavy (non-hydrogen) atoms. The van der Waals surface area contributed by atoms with Crippen molar-refractivity contribution in [2.24, 2.45) is 0 Å². The first-order valence-corrected chi connectivity index (χ1v) is 12.7. The van der Waals surface area contributed by atoms with Gasteiger partial charge in [0.05, 0.1) is 16.7 Å². The highest BCUT2D eigenvalue weighted by atomic mass is 15.1. The van der Waals surface area contributed by atoms with Crippen LogP contribution in [0, 0.1) is 0 Å². The quantitative estimate of drug-likeness (QED) is 0.247. The first-order chi connectivity index (χ1) is 19.3. The molecule has 0 saturated carbocycles. The second-order valence-corrected chi connectivity index (χ2v) is 9.38. The molecule has 0 saturated heterocycles. The minimum Gasteiger partial charge on any atom is -0.336 e. The molecule has 188 valence electrons. The van der Waals surface area contributed by atoms with Crippen LogP contribution >= 0.6 is 0 Å². The minimum absolute atomic E-state index is 0.689. The molecule has 7 aromatic rings. The largest absolute Gasteiger partial charge is 0.336 e. The number of aromatic nitrogens is 7. The number of fused-ring (bicyclic) bond motifs is 2. The number of hydrogen-bond acceptors (Lipinski definition) is 6. The van der Waals surface area contributed by atoms with Crippen LogP contribution in [0.2, 0.25) is 0 Å². The summed E-state index contributed by atoms with van der Waals surface area (Å²) in [6.45, 7) is 1.55. The van der Waals surface area contributed by atoms with Crippen LogP contribution in [0.25, 0.3) is 55.8 Å². The molecular weight excluding hydrogens is 484 g/mol. The van der Waals surface area contributed by atoms with Crippen molar-refractivity contribution in [2.75, 3.05) is 0 Å². The van der Waals surface area contributed by atoms with Crippen LogP contribution in [0.4, 0.5) is 0 Å². The molecule has 0 atom stereocenters. The highest BCUT2D eigenvalue weighted by molar-refractivity contribution is 5.97. The predicted octanol–water partition coefficient (Wildman–Crippen LogP) is 5.92. The molecule has 8 heteroatoms. The molecule has 0 aliphatic heterocycles. The van der Waals surface area contributed by atoms with Crippen molar-refractivity contribution in [1.29, 1.82) is 0 Å². The summed E-state index contributed by atoms with van der Waals surface area (Å²) >= 11 is 0. The van der Waals surface area contributed by atoms with Crippen LogP contribution in [0.3, 0.4) is 0 Å². The Morgan fingerprint density at radius 1 is 0.667 bits per heavy atom. The molecule has 0 amide bonds. The first kappa shape index (κ1) is 22.9. The van der Waals surface area contributed by atoms with E-state index in [1.165, 1.54) is 5.56 Å². The van der Waals surface area contributed by atoms with Gasteiger partial charge in [0.1, 0.15) is 11.2 Å². The lowest BCUT2D eigenvalue weighted by molar-refractivity contribution is 0.691. The average Bonchev–Trinajstić information content (AvgIpc) is 3.62. The summed E-state index contributed by atoms with van der Waals surface area (Å²) in [5.41, 5.74) is 9.68. The number of aromatic amines is 2. The van der Waals surface area contributed by atoms with Crippen molar-refractivity contribution >= 4 is 21.9 Å². The Morgan fingerprint density at radius 2 is 1.54 bits per heavy atom. The first-order valence-electron chi connectivity index (χ1n) is 12.7. The molecule has 3 N–H and O–H groups in total. The number of imidazole rings is 1. The van der Waals surface area contributed by atoms with Crippen LogP contribution in [0.1, 0.15) is 11.1 Å². The number of benzene rings is 2. The van der Waals surface area contributed by atoms with E-state index in [-0.39, 0.29) is 0 Å². The van der Waals surface area contributed by atoms with Crippen molar-refractivity contribution in [3.05, 3.63) is 115 Å². The number of H-pyrrole nitrogens is 2. The van der Waals surface area contributed by atoms with Gasteiger partial charge in [-0.25, -0.2) is 4.98 Å². The molecule has 5 aromatic heterocycles. The maximum absolute atomic E-state index is 4.92. The lowest BCUT2D eigenvalue weighted by Gasteiger charge is -2.07. The molecule has 0 unspecified atom stereocenters. The SMILES string of the molecule is c1ccc(CNCc2cncc(-c3ccc4[nH]nc(-c5nc6c(-c7ccncc7)nccc6[nH]5)c4c3)c2)cc1. The Bertz CT molecular complexity index is 1890. The Morgan fingerprint density at radius 3 is 2.44 bits per heavy atom. The third kappa shape index (κ3) is 4.54. The lowest BCUT2D eigenvalue weighted by atomic mass is 10.0. The van der Waals surface area contributed by atoms with Crippen molar-refractivity contribution in [1.82, 2.24) is 40.4 Å². The van der Waals surface area contributed by atoms with Gasteiger partial charge in [0.25, 0.3) is 0 Å². The van der Waals surface area contributed by atoms with Gasteiger partial charge < -0.3 is 10.3 Å². The van der Waals surface area contributed by atoms with Crippen molar-refractivity contribution in [2.45, 2.75) is 13.1 Å². The molecule has 8 nitrogen and oxygen atoms in total. The van der Waals surface area contributed by atoms with Gasteiger partial charge >= 0.3 is 0 Å². The molecule has 0 aliphatic rings. The zero-order chi connectivity index (χ0) is 26.0. The minimum atomic E-state index is 0.689. The Labute approximate surface area is 224 Å². The Balaban J connectivity index is 1.20. The molecule has 7 rings (SSSR count). The normalized spacial score (nSPS) is 11.4. The smallest absolute Gasteiger partial charge is 0.159 e. The number of nitrogens with one attached hydrogen (secondary N) is 3. The van der Waals surface area contributed by atoms with Crippen molar-refractivity contribution in [3.8, 4) is 33.9 Å². The molecule has 0 bridgehead atoms. The summed E-state index contributed by atoms with van der Waals surface area (Å²) in [6, 6.07) is 24.7. The number of hydrogen-bond donors (Lipinski definition) is 3. The van der Waals surface area contributed by atoms with Gasteiger partial charge in [-0.15, -0.1) is 0 Å². The van der Waals surface area contributed by atoms with Gasteiger partial charge in [0.2, 0.25) is 0 Å². The van der Waals surface area contributed by atoms with Gasteiger partial charge in [-0.3, -0.25) is 20.1 Å². The maximum Gasteiger partial charge on any atom is 0.159 e. The zero-order valence-electron chi connectivity index (χ0n) is 21.0. The van der Waals surface area contributed by atoms with Gasteiger partial charge in [0.15, 0.2) is 5.82 Å². The predicted molar refractivity (Wildman–Crippen MR) is 152 cm³/mol. The summed E-state index contributed by atoms with van der Waals surface area (Å²) in [5, 5.41) is 12.3. The van der Waals surface area contributed by atoms with Gasteiger partial charge in [-0.2, -0.15) is 5.10 Å². The summed E-state index contributed by atoms with van der Waals surface area (Å²) in [4.78, 5) is 21.6. The van der Waals surface area contributed by atoms with E-state index in [0.717, 1.165) is 68.7 Å². The molecule has 5 heterocycles. The van der Waals surface area contributed by atoms with Crippen LogP contribution in [-0.4, -0.2) is 35.1 Å². The number of pyridine rings is 3. The second-order valence-electron chi connectivity index (χ2n) is 9.38. The fourth-order valence-corrected chi connectivity index (χ4v) is 4.83. The lowest BCUT2D eigenvalue weighted by Crippen LogP contribution is -2.12. The van der Waals surface area contributed by atoms with E-state index in [1.54, 1.807) is 18.6 Å². The average molecular weight is 509 g/mol. The van der Waals surface area contributed by atoms with Crippen LogP contribution < -0.4 is 5.32 Å². The molecule has 0 aliphatic carbocycles. The second kappa shape index (κ2) is 9.92. The highest BCUT2D eigenvalue weighted by Gasteiger charge is 2.16. The highest BCUT2D eigenvalue weighted by Crippen LogP contribution is 2.32. The number of nitrogens with zero attached hydrogens (tertiary/aromatic N) is 5. The summed E-state index contributed by atoms with van der Waals surface area (Å²) in [5.74, 6) is 0.689. The zero-order valence-corrected chi connectivity index (χ0v) is 21.0. The number of rotatable bonds is 7. The molecule has 2 aromatic carbocycles. The third-order valence-electron chi connectivity index (χ3n) is 6.77. The van der Waals surface area contributed by atoms with Crippen LogP contribution in [0.5, 0.6) is 0 Å². The van der Waals surface area contributed by atoms with E-state index >= 15 is 0 Å². The molecule has 0 radical (unpaired) electrons. The molecule has 0 fully saturated rings. The Hall–Kier alpha value is -5.21.